The Morgan fingerprint density at radius 2 is 1.52 bits per heavy atom. The molecule has 3 rings (SSSR count). The van der Waals surface area contributed by atoms with Crippen molar-refractivity contribution < 1.29 is 0 Å². The Morgan fingerprint density at radius 3 is 2.14 bits per heavy atom. The van der Waals surface area contributed by atoms with E-state index in [1.807, 2.05) is 77.9 Å². The Bertz CT molecular complexity index is 1140. The van der Waals surface area contributed by atoms with Crippen LogP contribution < -0.4 is 11.1 Å². The highest BCUT2D eigenvalue weighted by Gasteiger charge is 2.27. The van der Waals surface area contributed by atoms with Crippen molar-refractivity contribution >= 4 is 0 Å². The molecule has 6 nitrogen and oxygen atoms in total. The summed E-state index contributed by atoms with van der Waals surface area (Å²) in [6.45, 7) is 11.6. The number of nitrogens with zero attached hydrogens (tertiary/aromatic N) is 4. The minimum Gasteiger partial charge on any atom is -0.268 e. The zero-order valence-electron chi connectivity index (χ0n) is 17.9. The summed E-state index contributed by atoms with van der Waals surface area (Å²) in [6.07, 6.45) is 0.362. The first-order valence-electron chi connectivity index (χ1n) is 9.76. The molecule has 0 saturated heterocycles. The lowest BCUT2D eigenvalue weighted by Crippen LogP contribution is -2.43. The highest BCUT2D eigenvalue weighted by molar-refractivity contribution is 5.58. The fourth-order valence-corrected chi connectivity index (χ4v) is 3.35. The van der Waals surface area contributed by atoms with Gasteiger partial charge in [0.25, 0.3) is 11.1 Å². The molecule has 2 aromatic heterocycles. The van der Waals surface area contributed by atoms with Gasteiger partial charge in [0.2, 0.25) is 0 Å². The maximum atomic E-state index is 13.3. The second-order valence-corrected chi connectivity index (χ2v) is 9.02. The molecule has 0 atom stereocenters. The highest BCUT2D eigenvalue weighted by atomic mass is 16.1. The number of benzene rings is 1. The molecule has 0 radical (unpaired) electrons. The van der Waals surface area contributed by atoms with Crippen LogP contribution in [0.5, 0.6) is 0 Å². The molecule has 29 heavy (non-hydrogen) atoms. The van der Waals surface area contributed by atoms with Crippen molar-refractivity contribution in [2.24, 2.45) is 0 Å². The first-order chi connectivity index (χ1) is 13.5. The SMILES string of the molecule is Cc1ccc(=O)n(C(C)(C)Cc2cc(-c3ccccc3)nn(C(C)(C)C)c2=O)n1. The number of rotatable bonds is 4. The third kappa shape index (κ3) is 4.36. The monoisotopic (exact) mass is 392 g/mol. The third-order valence-corrected chi connectivity index (χ3v) is 4.82. The second-order valence-electron chi connectivity index (χ2n) is 9.02. The molecule has 3 aromatic rings. The molecular formula is C23H28N4O2. The van der Waals surface area contributed by atoms with Crippen LogP contribution in [0, 0.1) is 6.92 Å². The lowest BCUT2D eigenvalue weighted by Gasteiger charge is -2.28. The number of aryl methyl sites for hydroxylation is 1. The van der Waals surface area contributed by atoms with Gasteiger partial charge in [-0.05, 0) is 53.7 Å². The van der Waals surface area contributed by atoms with Crippen LogP contribution in [0.15, 0.2) is 58.1 Å². The molecule has 0 bridgehead atoms. The van der Waals surface area contributed by atoms with Crippen LogP contribution in [0.25, 0.3) is 11.3 Å². The largest absolute Gasteiger partial charge is 0.270 e. The van der Waals surface area contributed by atoms with E-state index in [1.165, 1.54) is 15.4 Å². The van der Waals surface area contributed by atoms with Crippen molar-refractivity contribution in [2.45, 2.75) is 59.0 Å². The minimum atomic E-state index is -0.673. The van der Waals surface area contributed by atoms with E-state index in [4.69, 9.17) is 0 Å². The topological polar surface area (TPSA) is 69.8 Å². The maximum Gasteiger partial charge on any atom is 0.270 e. The van der Waals surface area contributed by atoms with E-state index < -0.39 is 11.1 Å². The van der Waals surface area contributed by atoms with Crippen LogP contribution in [0.4, 0.5) is 0 Å². The average molecular weight is 393 g/mol. The maximum absolute atomic E-state index is 13.3. The summed E-state index contributed by atoms with van der Waals surface area (Å²) in [4.78, 5) is 25.7. The van der Waals surface area contributed by atoms with Crippen LogP contribution in [0.3, 0.4) is 0 Å². The van der Waals surface area contributed by atoms with Gasteiger partial charge in [0.1, 0.15) is 0 Å². The van der Waals surface area contributed by atoms with Crippen LogP contribution in [0.1, 0.15) is 45.9 Å². The first kappa shape index (κ1) is 20.7. The van der Waals surface area contributed by atoms with Crippen LogP contribution in [0.2, 0.25) is 0 Å². The van der Waals surface area contributed by atoms with E-state index in [9.17, 15) is 9.59 Å². The fourth-order valence-electron chi connectivity index (χ4n) is 3.35. The van der Waals surface area contributed by atoms with Gasteiger partial charge in [-0.1, -0.05) is 30.3 Å². The zero-order chi connectivity index (χ0) is 21.4. The van der Waals surface area contributed by atoms with Gasteiger partial charge < -0.3 is 0 Å². The number of aromatic nitrogens is 4. The summed E-state index contributed by atoms with van der Waals surface area (Å²) < 4.78 is 3.00. The molecule has 2 heterocycles. The van der Waals surface area contributed by atoms with Crippen molar-refractivity contribution in [3.05, 3.63) is 80.5 Å². The molecule has 0 amide bonds. The summed E-state index contributed by atoms with van der Waals surface area (Å²) in [6, 6.07) is 14.8. The lowest BCUT2D eigenvalue weighted by molar-refractivity contribution is 0.292. The summed E-state index contributed by atoms with van der Waals surface area (Å²) in [5.74, 6) is 0. The van der Waals surface area contributed by atoms with Crippen LogP contribution in [-0.2, 0) is 17.5 Å². The van der Waals surface area contributed by atoms with Crippen molar-refractivity contribution in [3.8, 4) is 11.3 Å². The Balaban J connectivity index is 2.17. The van der Waals surface area contributed by atoms with E-state index in [1.54, 1.807) is 6.07 Å². The molecule has 0 spiro atoms. The van der Waals surface area contributed by atoms with Gasteiger partial charge in [-0.3, -0.25) is 9.59 Å². The van der Waals surface area contributed by atoms with Gasteiger partial charge in [0, 0.05) is 23.6 Å². The van der Waals surface area contributed by atoms with E-state index in [2.05, 4.69) is 10.2 Å². The molecule has 0 unspecified atom stereocenters. The normalized spacial score (nSPS) is 12.2. The van der Waals surface area contributed by atoms with Crippen LogP contribution >= 0.6 is 0 Å². The summed E-state index contributed by atoms with van der Waals surface area (Å²) >= 11 is 0. The quantitative estimate of drug-likeness (QED) is 0.681. The smallest absolute Gasteiger partial charge is 0.268 e. The predicted molar refractivity (Wildman–Crippen MR) is 115 cm³/mol. The summed E-state index contributed by atoms with van der Waals surface area (Å²) in [5, 5.41) is 9.03. The van der Waals surface area contributed by atoms with Crippen LogP contribution in [-0.4, -0.2) is 19.6 Å². The molecule has 0 aliphatic rings. The molecule has 1 aromatic carbocycles. The van der Waals surface area contributed by atoms with Gasteiger partial charge in [-0.25, -0.2) is 9.36 Å². The molecule has 152 valence electrons. The molecule has 6 heteroatoms. The van der Waals surface area contributed by atoms with E-state index >= 15 is 0 Å². The van der Waals surface area contributed by atoms with Crippen molar-refractivity contribution in [1.82, 2.24) is 19.6 Å². The number of hydrogen-bond acceptors (Lipinski definition) is 4. The lowest BCUT2D eigenvalue weighted by atomic mass is 9.94. The third-order valence-electron chi connectivity index (χ3n) is 4.82. The minimum absolute atomic E-state index is 0.147. The van der Waals surface area contributed by atoms with Gasteiger partial charge in [0.05, 0.1) is 22.5 Å². The fraction of sp³-hybridized carbons (Fsp3) is 0.391. The van der Waals surface area contributed by atoms with E-state index in [-0.39, 0.29) is 11.1 Å². The van der Waals surface area contributed by atoms with Crippen molar-refractivity contribution in [1.29, 1.82) is 0 Å². The Hall–Kier alpha value is -3.02. The standard InChI is InChI=1S/C23H28N4O2/c1-16-12-13-20(28)26(24-16)23(5,6)15-18-14-19(17-10-8-7-9-11-17)25-27(21(18)29)22(2,3)4/h7-14H,15H2,1-6H3. The molecule has 0 fully saturated rings. The predicted octanol–water partition coefficient (Wildman–Crippen LogP) is 3.51. The first-order valence-corrected chi connectivity index (χ1v) is 9.76. The number of hydrogen-bond donors (Lipinski definition) is 0. The summed E-state index contributed by atoms with van der Waals surface area (Å²) in [5.41, 5.74) is 1.55. The summed E-state index contributed by atoms with van der Waals surface area (Å²) in [7, 11) is 0. The molecule has 0 aliphatic carbocycles. The second kappa shape index (κ2) is 7.43. The molecule has 0 saturated carbocycles. The van der Waals surface area contributed by atoms with Gasteiger partial charge in [-0.15, -0.1) is 0 Å². The Labute approximate surface area is 170 Å². The molecule has 0 aliphatic heterocycles. The van der Waals surface area contributed by atoms with Crippen molar-refractivity contribution in [3.63, 3.8) is 0 Å². The van der Waals surface area contributed by atoms with Gasteiger partial charge in [-0.2, -0.15) is 10.2 Å². The molecule has 0 N–H and O–H groups in total. The Kier molecular flexibility index (Phi) is 5.30. The molecular weight excluding hydrogens is 364 g/mol. The zero-order valence-corrected chi connectivity index (χ0v) is 17.9. The van der Waals surface area contributed by atoms with E-state index in [0.717, 1.165) is 17.0 Å². The van der Waals surface area contributed by atoms with Gasteiger partial charge in [0.15, 0.2) is 0 Å². The van der Waals surface area contributed by atoms with E-state index in [0.29, 0.717) is 12.0 Å². The average Bonchev–Trinajstić information content (AvgIpc) is 2.65. The van der Waals surface area contributed by atoms with Gasteiger partial charge >= 0.3 is 0 Å². The Morgan fingerprint density at radius 1 is 0.862 bits per heavy atom. The van der Waals surface area contributed by atoms with Crippen molar-refractivity contribution in [2.75, 3.05) is 0 Å². The highest BCUT2D eigenvalue weighted by Crippen LogP contribution is 2.23.